The van der Waals surface area contributed by atoms with Crippen molar-refractivity contribution in [2.24, 2.45) is 0 Å². The molecule has 35 heavy (non-hydrogen) atoms. The van der Waals surface area contributed by atoms with Gasteiger partial charge in [0.1, 0.15) is 11.3 Å². The Morgan fingerprint density at radius 1 is 0.943 bits per heavy atom. The molecule has 10 heteroatoms. The molecule has 0 unspecified atom stereocenters. The third-order valence-corrected chi connectivity index (χ3v) is 6.66. The molecule has 4 heterocycles. The Bertz CT molecular complexity index is 1210. The summed E-state index contributed by atoms with van der Waals surface area (Å²) < 4.78 is 7.27. The first-order valence-corrected chi connectivity index (χ1v) is 12.3. The zero-order chi connectivity index (χ0) is 24.2. The number of carbonyl (C=O) groups is 2. The van der Waals surface area contributed by atoms with Crippen molar-refractivity contribution in [2.75, 3.05) is 45.2 Å². The highest BCUT2D eigenvalue weighted by atomic mass is 16.5. The molecule has 0 atom stereocenters. The summed E-state index contributed by atoms with van der Waals surface area (Å²) in [6.45, 7) is 4.33. The number of hydrogen-bond donors (Lipinski definition) is 1. The van der Waals surface area contributed by atoms with Crippen LogP contribution >= 0.6 is 0 Å². The number of anilines is 1. The lowest BCUT2D eigenvalue weighted by molar-refractivity contribution is -0.128. The average Bonchev–Trinajstić information content (AvgIpc) is 3.60. The van der Waals surface area contributed by atoms with Crippen LogP contribution in [0.25, 0.3) is 22.6 Å². The summed E-state index contributed by atoms with van der Waals surface area (Å²) in [6, 6.07) is 7.65. The Hall–Kier alpha value is -3.69. The summed E-state index contributed by atoms with van der Waals surface area (Å²) in [7, 11) is 1.64. The summed E-state index contributed by atoms with van der Waals surface area (Å²) in [5, 5.41) is 3.42. The van der Waals surface area contributed by atoms with Crippen molar-refractivity contribution in [1.82, 2.24) is 29.3 Å². The fraction of sp³-hybridized carbons (Fsp3) is 0.480. The number of rotatable bonds is 10. The van der Waals surface area contributed by atoms with Crippen molar-refractivity contribution < 1.29 is 14.3 Å². The smallest absolute Gasteiger partial charge is 0.222 e. The molecule has 2 amide bonds. The van der Waals surface area contributed by atoms with Gasteiger partial charge >= 0.3 is 0 Å². The van der Waals surface area contributed by atoms with Gasteiger partial charge in [-0.05, 0) is 43.5 Å². The van der Waals surface area contributed by atoms with Gasteiger partial charge in [0.2, 0.25) is 11.8 Å². The maximum atomic E-state index is 12.0. The molecule has 184 valence electrons. The largest absolute Gasteiger partial charge is 0.497 e. The maximum Gasteiger partial charge on any atom is 0.222 e. The van der Waals surface area contributed by atoms with E-state index >= 15 is 0 Å². The number of imidazole rings is 1. The summed E-state index contributed by atoms with van der Waals surface area (Å²) in [5.74, 6) is 2.49. The minimum Gasteiger partial charge on any atom is -0.497 e. The van der Waals surface area contributed by atoms with E-state index in [2.05, 4.69) is 10.3 Å². The van der Waals surface area contributed by atoms with E-state index in [1.54, 1.807) is 13.4 Å². The molecule has 0 bridgehead atoms. The average molecular weight is 478 g/mol. The van der Waals surface area contributed by atoms with Crippen LogP contribution in [0.3, 0.4) is 0 Å². The lowest BCUT2D eigenvalue weighted by atomic mass is 10.2. The van der Waals surface area contributed by atoms with Crippen molar-refractivity contribution in [3.05, 3.63) is 30.6 Å². The molecule has 3 aromatic rings. The number of amides is 2. The number of benzene rings is 1. The lowest BCUT2D eigenvalue weighted by Gasteiger charge is -2.16. The second-order valence-electron chi connectivity index (χ2n) is 8.98. The predicted octanol–water partition coefficient (Wildman–Crippen LogP) is 2.55. The quantitative estimate of drug-likeness (QED) is 0.447. The highest BCUT2D eigenvalue weighted by Crippen LogP contribution is 2.26. The van der Waals surface area contributed by atoms with Crippen LogP contribution in [0.5, 0.6) is 5.75 Å². The molecular weight excluding hydrogens is 446 g/mol. The third kappa shape index (κ3) is 5.06. The first kappa shape index (κ1) is 23.1. The van der Waals surface area contributed by atoms with Gasteiger partial charge in [-0.1, -0.05) is 0 Å². The predicted molar refractivity (Wildman–Crippen MR) is 132 cm³/mol. The summed E-state index contributed by atoms with van der Waals surface area (Å²) in [5.41, 5.74) is 2.31. The molecule has 2 aromatic heterocycles. The number of ether oxygens (including phenoxy) is 1. The first-order chi connectivity index (χ1) is 17.1. The second kappa shape index (κ2) is 10.3. The minimum atomic E-state index is 0.210. The first-order valence-electron chi connectivity index (χ1n) is 12.3. The molecule has 0 saturated carbocycles. The molecule has 2 aliphatic heterocycles. The van der Waals surface area contributed by atoms with Crippen molar-refractivity contribution in [3.8, 4) is 17.1 Å². The highest BCUT2D eigenvalue weighted by molar-refractivity contribution is 5.85. The van der Waals surface area contributed by atoms with Crippen LogP contribution in [0.4, 0.5) is 5.82 Å². The van der Waals surface area contributed by atoms with Gasteiger partial charge in [-0.2, -0.15) is 0 Å². The number of nitrogens with zero attached hydrogens (tertiary/aromatic N) is 6. The molecule has 0 radical (unpaired) electrons. The highest BCUT2D eigenvalue weighted by Gasteiger charge is 2.21. The zero-order valence-electron chi connectivity index (χ0n) is 20.1. The van der Waals surface area contributed by atoms with E-state index in [9.17, 15) is 9.59 Å². The van der Waals surface area contributed by atoms with Gasteiger partial charge in [0.05, 0.1) is 13.4 Å². The SMILES string of the molecule is COc1ccc(-c2nc(NCCCN3CCCC3=O)c3ncn(CCN4CCCC4=O)c3n2)cc1. The van der Waals surface area contributed by atoms with Crippen LogP contribution in [-0.4, -0.2) is 81.0 Å². The lowest BCUT2D eigenvalue weighted by Crippen LogP contribution is -2.28. The van der Waals surface area contributed by atoms with Crippen LogP contribution in [0.2, 0.25) is 0 Å². The molecule has 0 spiro atoms. The number of methoxy groups -OCH3 is 1. The van der Waals surface area contributed by atoms with Gasteiger partial charge in [0.25, 0.3) is 0 Å². The van der Waals surface area contributed by atoms with E-state index in [4.69, 9.17) is 14.7 Å². The van der Waals surface area contributed by atoms with E-state index < -0.39 is 0 Å². The van der Waals surface area contributed by atoms with Gasteiger partial charge < -0.3 is 24.4 Å². The monoisotopic (exact) mass is 477 g/mol. The second-order valence-corrected chi connectivity index (χ2v) is 8.98. The summed E-state index contributed by atoms with van der Waals surface area (Å²) in [6.07, 6.45) is 5.75. The van der Waals surface area contributed by atoms with Crippen LogP contribution in [0.1, 0.15) is 32.1 Å². The summed E-state index contributed by atoms with van der Waals surface area (Å²) in [4.78, 5) is 42.0. The van der Waals surface area contributed by atoms with Crippen molar-refractivity contribution in [2.45, 2.75) is 38.6 Å². The maximum absolute atomic E-state index is 12.0. The van der Waals surface area contributed by atoms with Crippen LogP contribution in [0.15, 0.2) is 30.6 Å². The number of hydrogen-bond acceptors (Lipinski definition) is 7. The van der Waals surface area contributed by atoms with E-state index in [-0.39, 0.29) is 11.8 Å². The van der Waals surface area contributed by atoms with E-state index in [1.165, 1.54) is 0 Å². The number of fused-ring (bicyclic) bond motifs is 1. The Morgan fingerprint density at radius 2 is 1.66 bits per heavy atom. The Balaban J connectivity index is 1.37. The van der Waals surface area contributed by atoms with Gasteiger partial charge in [0.15, 0.2) is 17.3 Å². The molecule has 5 rings (SSSR count). The van der Waals surface area contributed by atoms with Gasteiger partial charge in [-0.3, -0.25) is 9.59 Å². The van der Waals surface area contributed by atoms with Crippen LogP contribution < -0.4 is 10.1 Å². The number of likely N-dealkylation sites (tertiary alicyclic amines) is 2. The van der Waals surface area contributed by atoms with E-state index in [1.807, 2.05) is 38.6 Å². The molecule has 1 N–H and O–H groups in total. The summed E-state index contributed by atoms with van der Waals surface area (Å²) >= 11 is 0. The van der Waals surface area contributed by atoms with Gasteiger partial charge in [0, 0.05) is 57.7 Å². The molecule has 2 saturated heterocycles. The van der Waals surface area contributed by atoms with E-state index in [0.717, 1.165) is 55.9 Å². The Kier molecular flexibility index (Phi) is 6.78. The molecule has 10 nitrogen and oxygen atoms in total. The van der Waals surface area contributed by atoms with Crippen molar-refractivity contribution in [3.63, 3.8) is 0 Å². The number of carbonyl (C=O) groups excluding carboxylic acids is 2. The molecular formula is C25H31N7O3. The zero-order valence-corrected chi connectivity index (χ0v) is 20.1. The number of aromatic nitrogens is 4. The molecule has 1 aromatic carbocycles. The number of nitrogens with one attached hydrogen (secondary N) is 1. The molecule has 2 aliphatic rings. The topological polar surface area (TPSA) is 105 Å². The van der Waals surface area contributed by atoms with Crippen molar-refractivity contribution in [1.29, 1.82) is 0 Å². The minimum absolute atomic E-state index is 0.210. The fourth-order valence-electron chi connectivity index (χ4n) is 4.69. The Labute approximate surface area is 204 Å². The standard InChI is InChI=1S/C25H31N7O3/c1-35-19-9-7-18(8-10-19)23-28-24(26-11-4-14-30-12-2-5-20(30)33)22-25(29-23)32(17-27-22)16-15-31-13-3-6-21(31)34/h7-10,17H,2-6,11-16H2,1H3,(H,26,28,29). The Morgan fingerprint density at radius 3 is 2.31 bits per heavy atom. The third-order valence-electron chi connectivity index (χ3n) is 6.66. The van der Waals surface area contributed by atoms with Crippen molar-refractivity contribution >= 4 is 28.8 Å². The van der Waals surface area contributed by atoms with E-state index in [0.29, 0.717) is 49.6 Å². The van der Waals surface area contributed by atoms with Crippen LogP contribution in [-0.2, 0) is 16.1 Å². The van der Waals surface area contributed by atoms with Gasteiger partial charge in [-0.25, -0.2) is 15.0 Å². The normalized spacial score (nSPS) is 16.0. The van der Waals surface area contributed by atoms with Gasteiger partial charge in [-0.15, -0.1) is 0 Å². The van der Waals surface area contributed by atoms with Crippen LogP contribution in [0, 0.1) is 0 Å². The molecule has 2 fully saturated rings. The molecule has 0 aliphatic carbocycles. The fourth-order valence-corrected chi connectivity index (χ4v) is 4.69.